The molecule has 0 amide bonds. The Labute approximate surface area is 114 Å². The molecule has 104 valence electrons. The second kappa shape index (κ2) is 5.39. The van der Waals surface area contributed by atoms with E-state index in [-0.39, 0.29) is 0 Å². The highest BCUT2D eigenvalue weighted by atomic mass is 16.6. The summed E-state index contributed by atoms with van der Waals surface area (Å²) in [5.74, 6) is 2.43. The Kier molecular flexibility index (Phi) is 3.62. The van der Waals surface area contributed by atoms with Gasteiger partial charge in [0.15, 0.2) is 11.5 Å². The van der Waals surface area contributed by atoms with E-state index in [0.29, 0.717) is 25.2 Å². The predicted molar refractivity (Wildman–Crippen MR) is 74.8 cm³/mol. The van der Waals surface area contributed by atoms with Crippen molar-refractivity contribution in [3.63, 3.8) is 0 Å². The zero-order valence-electron chi connectivity index (χ0n) is 11.7. The average molecular weight is 262 g/mol. The van der Waals surface area contributed by atoms with Crippen molar-refractivity contribution in [2.45, 2.75) is 12.5 Å². The van der Waals surface area contributed by atoms with E-state index in [2.05, 4.69) is 36.4 Å². The highest BCUT2D eigenvalue weighted by Gasteiger charge is 2.28. The van der Waals surface area contributed by atoms with Gasteiger partial charge in [0.2, 0.25) is 0 Å². The fourth-order valence-electron chi connectivity index (χ4n) is 3.18. The molecule has 3 rings (SSSR count). The highest BCUT2D eigenvalue weighted by Crippen LogP contribution is 2.37. The van der Waals surface area contributed by atoms with E-state index in [1.807, 2.05) is 6.07 Å². The lowest BCUT2D eigenvalue weighted by Crippen LogP contribution is -2.29. The summed E-state index contributed by atoms with van der Waals surface area (Å²) in [6, 6.07) is 6.81. The summed E-state index contributed by atoms with van der Waals surface area (Å²) < 4.78 is 11.3. The third kappa shape index (κ3) is 2.55. The Morgan fingerprint density at radius 2 is 2.00 bits per heavy atom. The number of hydrogen-bond donors (Lipinski definition) is 1. The molecule has 4 nitrogen and oxygen atoms in total. The van der Waals surface area contributed by atoms with Gasteiger partial charge in [0.25, 0.3) is 0 Å². The van der Waals surface area contributed by atoms with Gasteiger partial charge < -0.3 is 19.7 Å². The fraction of sp³-hybridized carbons (Fsp3) is 0.600. The molecule has 1 aromatic carbocycles. The molecule has 2 aliphatic heterocycles. The maximum atomic E-state index is 5.70. The Hall–Kier alpha value is -1.26. The predicted octanol–water partition coefficient (Wildman–Crippen LogP) is 1.67. The number of ether oxygens (including phenoxy) is 2. The number of benzene rings is 1. The first kappa shape index (κ1) is 12.8. The number of rotatable bonds is 3. The van der Waals surface area contributed by atoms with E-state index in [1.165, 1.54) is 12.0 Å². The van der Waals surface area contributed by atoms with Crippen molar-refractivity contribution < 1.29 is 9.47 Å². The first-order valence-corrected chi connectivity index (χ1v) is 7.02. The van der Waals surface area contributed by atoms with Crippen molar-refractivity contribution in [3.8, 4) is 11.5 Å². The van der Waals surface area contributed by atoms with Crippen LogP contribution in [0.2, 0.25) is 0 Å². The first-order chi connectivity index (χ1) is 9.25. The summed E-state index contributed by atoms with van der Waals surface area (Å²) in [6.45, 7) is 3.51. The second-order valence-electron chi connectivity index (χ2n) is 5.56. The molecule has 2 atom stereocenters. The molecule has 1 saturated heterocycles. The lowest BCUT2D eigenvalue weighted by molar-refractivity contribution is 0.169. The van der Waals surface area contributed by atoms with Gasteiger partial charge in [-0.15, -0.1) is 0 Å². The molecule has 0 bridgehead atoms. The van der Waals surface area contributed by atoms with E-state index in [1.54, 1.807) is 0 Å². The van der Waals surface area contributed by atoms with Crippen LogP contribution in [0.4, 0.5) is 0 Å². The molecule has 0 aliphatic carbocycles. The molecule has 2 heterocycles. The lowest BCUT2D eigenvalue weighted by atomic mass is 9.91. The minimum Gasteiger partial charge on any atom is -0.486 e. The van der Waals surface area contributed by atoms with Gasteiger partial charge in [0.1, 0.15) is 13.2 Å². The van der Waals surface area contributed by atoms with Crippen molar-refractivity contribution in [1.29, 1.82) is 0 Å². The van der Waals surface area contributed by atoms with Crippen LogP contribution in [-0.4, -0.2) is 45.3 Å². The van der Waals surface area contributed by atoms with Gasteiger partial charge in [-0.05, 0) is 57.2 Å². The standard InChI is InChI=1S/C15H22N2O2/c1-17(2)15(12-5-6-16-10-12)11-3-4-13-14(9-11)19-8-7-18-13/h3-4,9,12,15-16H,5-8,10H2,1-2H3. The molecule has 1 aromatic rings. The third-order valence-corrected chi connectivity index (χ3v) is 4.01. The fourth-order valence-corrected chi connectivity index (χ4v) is 3.18. The SMILES string of the molecule is CN(C)C(c1ccc2c(c1)OCCO2)C1CCNC1. The molecular weight excluding hydrogens is 240 g/mol. The van der Waals surface area contributed by atoms with Crippen LogP contribution in [0.5, 0.6) is 11.5 Å². The van der Waals surface area contributed by atoms with Crippen molar-refractivity contribution >= 4 is 0 Å². The molecule has 1 fully saturated rings. The molecule has 0 aromatic heterocycles. The van der Waals surface area contributed by atoms with Gasteiger partial charge in [0, 0.05) is 6.04 Å². The van der Waals surface area contributed by atoms with Crippen molar-refractivity contribution in [2.75, 3.05) is 40.4 Å². The second-order valence-corrected chi connectivity index (χ2v) is 5.56. The molecule has 0 radical (unpaired) electrons. The summed E-state index contributed by atoms with van der Waals surface area (Å²) in [5.41, 5.74) is 1.32. The van der Waals surface area contributed by atoms with E-state index < -0.39 is 0 Å². The van der Waals surface area contributed by atoms with Gasteiger partial charge in [0.05, 0.1) is 0 Å². The number of nitrogens with one attached hydrogen (secondary N) is 1. The van der Waals surface area contributed by atoms with E-state index in [0.717, 1.165) is 24.6 Å². The maximum absolute atomic E-state index is 5.70. The summed E-state index contributed by atoms with van der Waals surface area (Å²) in [6.07, 6.45) is 1.23. The van der Waals surface area contributed by atoms with Crippen LogP contribution in [0.3, 0.4) is 0 Å². The summed E-state index contributed by atoms with van der Waals surface area (Å²) in [4.78, 5) is 2.31. The Morgan fingerprint density at radius 3 is 2.68 bits per heavy atom. The zero-order valence-corrected chi connectivity index (χ0v) is 11.7. The molecule has 2 aliphatic rings. The Balaban J connectivity index is 1.89. The number of hydrogen-bond acceptors (Lipinski definition) is 4. The number of fused-ring (bicyclic) bond motifs is 1. The normalized spacial score (nSPS) is 23.6. The largest absolute Gasteiger partial charge is 0.486 e. The summed E-state index contributed by atoms with van der Waals surface area (Å²) in [5, 5.41) is 3.46. The van der Waals surface area contributed by atoms with Gasteiger partial charge >= 0.3 is 0 Å². The van der Waals surface area contributed by atoms with Crippen molar-refractivity contribution in [2.24, 2.45) is 5.92 Å². The highest BCUT2D eigenvalue weighted by molar-refractivity contribution is 5.44. The third-order valence-electron chi connectivity index (χ3n) is 4.01. The molecule has 0 spiro atoms. The lowest BCUT2D eigenvalue weighted by Gasteiger charge is -2.31. The minimum atomic E-state index is 0.436. The number of nitrogens with zero attached hydrogens (tertiary/aromatic N) is 1. The van der Waals surface area contributed by atoms with Gasteiger partial charge in [-0.2, -0.15) is 0 Å². The first-order valence-electron chi connectivity index (χ1n) is 7.02. The van der Waals surface area contributed by atoms with Crippen LogP contribution in [-0.2, 0) is 0 Å². The van der Waals surface area contributed by atoms with Crippen LogP contribution in [0.15, 0.2) is 18.2 Å². The summed E-state index contributed by atoms with van der Waals surface area (Å²) >= 11 is 0. The summed E-state index contributed by atoms with van der Waals surface area (Å²) in [7, 11) is 4.31. The molecule has 19 heavy (non-hydrogen) atoms. The van der Waals surface area contributed by atoms with Crippen molar-refractivity contribution in [3.05, 3.63) is 23.8 Å². The monoisotopic (exact) mass is 262 g/mol. The Bertz CT molecular complexity index is 442. The molecule has 0 saturated carbocycles. The van der Waals surface area contributed by atoms with Crippen LogP contribution in [0, 0.1) is 5.92 Å². The quantitative estimate of drug-likeness (QED) is 0.898. The maximum Gasteiger partial charge on any atom is 0.161 e. The van der Waals surface area contributed by atoms with Crippen LogP contribution in [0.25, 0.3) is 0 Å². The topological polar surface area (TPSA) is 33.7 Å². The molecular formula is C15H22N2O2. The van der Waals surface area contributed by atoms with Gasteiger partial charge in [-0.25, -0.2) is 0 Å². The van der Waals surface area contributed by atoms with Crippen LogP contribution >= 0.6 is 0 Å². The molecule has 4 heteroatoms. The van der Waals surface area contributed by atoms with Gasteiger partial charge in [-0.3, -0.25) is 0 Å². The molecule has 2 unspecified atom stereocenters. The van der Waals surface area contributed by atoms with Crippen LogP contribution in [0.1, 0.15) is 18.0 Å². The van der Waals surface area contributed by atoms with Gasteiger partial charge in [-0.1, -0.05) is 6.07 Å². The van der Waals surface area contributed by atoms with E-state index in [9.17, 15) is 0 Å². The van der Waals surface area contributed by atoms with E-state index >= 15 is 0 Å². The average Bonchev–Trinajstić information content (AvgIpc) is 2.92. The Morgan fingerprint density at radius 1 is 1.21 bits per heavy atom. The van der Waals surface area contributed by atoms with Crippen molar-refractivity contribution in [1.82, 2.24) is 10.2 Å². The van der Waals surface area contributed by atoms with Crippen LogP contribution < -0.4 is 14.8 Å². The zero-order chi connectivity index (χ0) is 13.2. The van der Waals surface area contributed by atoms with E-state index in [4.69, 9.17) is 9.47 Å². The molecule has 1 N–H and O–H groups in total. The minimum absolute atomic E-state index is 0.436. The smallest absolute Gasteiger partial charge is 0.161 e.